The zero-order valence-electron chi connectivity index (χ0n) is 11.2. The highest BCUT2D eigenvalue weighted by Crippen LogP contribution is 2.28. The predicted molar refractivity (Wildman–Crippen MR) is 70.5 cm³/mol. The Balaban J connectivity index is 2.04. The molecule has 0 radical (unpaired) electrons. The smallest absolute Gasteiger partial charge is 0.160 e. The molecule has 1 aromatic carbocycles. The molecule has 1 saturated heterocycles. The Labute approximate surface area is 108 Å². The van der Waals surface area contributed by atoms with Crippen LogP contribution in [0.2, 0.25) is 0 Å². The fraction of sp³-hybridized carbons (Fsp3) is 0.571. The van der Waals surface area contributed by atoms with Crippen LogP contribution < -0.4 is 14.8 Å². The molecule has 100 valence electrons. The molecule has 0 spiro atoms. The summed E-state index contributed by atoms with van der Waals surface area (Å²) in [5.41, 5.74) is 1.22. The number of nitrogens with one attached hydrogen (secondary N) is 1. The average molecular weight is 251 g/mol. The first-order valence-electron chi connectivity index (χ1n) is 6.27. The molecule has 0 aliphatic carbocycles. The molecule has 1 aliphatic heterocycles. The van der Waals surface area contributed by atoms with Crippen molar-refractivity contribution >= 4 is 0 Å². The molecule has 4 nitrogen and oxygen atoms in total. The van der Waals surface area contributed by atoms with Crippen molar-refractivity contribution in [2.75, 3.05) is 27.4 Å². The molecular formula is C14H21NO3. The lowest BCUT2D eigenvalue weighted by atomic mass is 10.0. The Morgan fingerprint density at radius 1 is 1.22 bits per heavy atom. The van der Waals surface area contributed by atoms with Gasteiger partial charge in [0.05, 0.1) is 27.4 Å². The van der Waals surface area contributed by atoms with E-state index >= 15 is 0 Å². The van der Waals surface area contributed by atoms with Crippen molar-refractivity contribution in [3.63, 3.8) is 0 Å². The summed E-state index contributed by atoms with van der Waals surface area (Å²) in [4.78, 5) is 0. The van der Waals surface area contributed by atoms with Crippen molar-refractivity contribution < 1.29 is 14.2 Å². The Kier molecular flexibility index (Phi) is 4.44. The maximum absolute atomic E-state index is 5.55. The maximum Gasteiger partial charge on any atom is 0.160 e. The highest BCUT2D eigenvalue weighted by atomic mass is 16.5. The second-order valence-corrected chi connectivity index (χ2v) is 4.70. The summed E-state index contributed by atoms with van der Waals surface area (Å²) in [6.45, 7) is 3.70. The molecule has 0 amide bonds. The lowest BCUT2D eigenvalue weighted by Gasteiger charge is -2.29. The number of ether oxygens (including phenoxy) is 3. The Morgan fingerprint density at radius 3 is 2.67 bits per heavy atom. The molecular weight excluding hydrogens is 230 g/mol. The Morgan fingerprint density at radius 2 is 2.00 bits per heavy atom. The quantitative estimate of drug-likeness (QED) is 0.883. The van der Waals surface area contributed by atoms with E-state index in [2.05, 4.69) is 18.3 Å². The van der Waals surface area contributed by atoms with E-state index in [0.717, 1.165) is 31.1 Å². The van der Waals surface area contributed by atoms with Gasteiger partial charge in [0.25, 0.3) is 0 Å². The standard InChI is InChI=1S/C14H21NO3/c1-10-8-18-9-12(15-10)6-11-4-5-13(16-2)14(7-11)17-3/h4-5,7,10,12,15H,6,8-9H2,1-3H3. The zero-order chi connectivity index (χ0) is 13.0. The van der Waals surface area contributed by atoms with Crippen molar-refractivity contribution in [1.82, 2.24) is 5.32 Å². The van der Waals surface area contributed by atoms with Crippen LogP contribution in [0.5, 0.6) is 11.5 Å². The molecule has 2 unspecified atom stereocenters. The van der Waals surface area contributed by atoms with E-state index < -0.39 is 0 Å². The zero-order valence-corrected chi connectivity index (χ0v) is 11.2. The second kappa shape index (κ2) is 6.07. The highest BCUT2D eigenvalue weighted by Gasteiger charge is 2.19. The number of hydrogen-bond donors (Lipinski definition) is 1. The lowest BCUT2D eigenvalue weighted by Crippen LogP contribution is -2.48. The number of methoxy groups -OCH3 is 2. The molecule has 2 atom stereocenters. The summed E-state index contributed by atoms with van der Waals surface area (Å²) in [7, 11) is 3.31. The molecule has 1 fully saturated rings. The molecule has 1 heterocycles. The first-order valence-corrected chi connectivity index (χ1v) is 6.27. The summed E-state index contributed by atoms with van der Waals surface area (Å²) in [6, 6.07) is 6.83. The third kappa shape index (κ3) is 3.15. The van der Waals surface area contributed by atoms with Gasteiger partial charge in [-0.05, 0) is 31.0 Å². The van der Waals surface area contributed by atoms with Gasteiger partial charge in [0, 0.05) is 12.1 Å². The van der Waals surface area contributed by atoms with Gasteiger partial charge in [-0.15, -0.1) is 0 Å². The maximum atomic E-state index is 5.55. The third-order valence-electron chi connectivity index (χ3n) is 3.14. The monoisotopic (exact) mass is 251 g/mol. The average Bonchev–Trinajstić information content (AvgIpc) is 2.38. The van der Waals surface area contributed by atoms with Crippen LogP contribution in [0.1, 0.15) is 12.5 Å². The molecule has 2 rings (SSSR count). The minimum absolute atomic E-state index is 0.367. The lowest BCUT2D eigenvalue weighted by molar-refractivity contribution is 0.0508. The van der Waals surface area contributed by atoms with Crippen LogP contribution >= 0.6 is 0 Å². The van der Waals surface area contributed by atoms with Crippen LogP contribution in [-0.2, 0) is 11.2 Å². The minimum Gasteiger partial charge on any atom is -0.493 e. The van der Waals surface area contributed by atoms with Gasteiger partial charge >= 0.3 is 0 Å². The van der Waals surface area contributed by atoms with Gasteiger partial charge in [-0.1, -0.05) is 6.07 Å². The van der Waals surface area contributed by atoms with Gasteiger partial charge < -0.3 is 19.5 Å². The van der Waals surface area contributed by atoms with Crippen molar-refractivity contribution in [2.45, 2.75) is 25.4 Å². The molecule has 4 heteroatoms. The normalized spacial score (nSPS) is 23.7. The summed E-state index contributed by atoms with van der Waals surface area (Å²) in [6.07, 6.45) is 0.935. The van der Waals surface area contributed by atoms with Crippen molar-refractivity contribution in [2.24, 2.45) is 0 Å². The van der Waals surface area contributed by atoms with Crippen LogP contribution in [0.3, 0.4) is 0 Å². The summed E-state index contributed by atoms with van der Waals surface area (Å²) in [5, 5.41) is 3.53. The predicted octanol–water partition coefficient (Wildman–Crippen LogP) is 1.62. The summed E-state index contributed by atoms with van der Waals surface area (Å²) in [5.74, 6) is 1.54. The van der Waals surface area contributed by atoms with Gasteiger partial charge in [0.1, 0.15) is 0 Å². The van der Waals surface area contributed by atoms with Crippen LogP contribution in [-0.4, -0.2) is 39.5 Å². The van der Waals surface area contributed by atoms with E-state index in [0.29, 0.717) is 12.1 Å². The second-order valence-electron chi connectivity index (χ2n) is 4.70. The van der Waals surface area contributed by atoms with Gasteiger partial charge in [-0.3, -0.25) is 0 Å². The summed E-state index contributed by atoms with van der Waals surface area (Å²) >= 11 is 0. The first kappa shape index (κ1) is 13.2. The molecule has 0 saturated carbocycles. The molecule has 1 N–H and O–H groups in total. The van der Waals surface area contributed by atoms with Crippen LogP contribution in [0.4, 0.5) is 0 Å². The van der Waals surface area contributed by atoms with Gasteiger partial charge in [0.2, 0.25) is 0 Å². The van der Waals surface area contributed by atoms with E-state index in [1.165, 1.54) is 5.56 Å². The van der Waals surface area contributed by atoms with Gasteiger partial charge in [-0.2, -0.15) is 0 Å². The van der Waals surface area contributed by atoms with Crippen molar-refractivity contribution in [3.05, 3.63) is 23.8 Å². The Hall–Kier alpha value is -1.26. The fourth-order valence-corrected chi connectivity index (χ4v) is 2.30. The first-order chi connectivity index (χ1) is 8.72. The van der Waals surface area contributed by atoms with Gasteiger partial charge in [0.15, 0.2) is 11.5 Å². The minimum atomic E-state index is 0.367. The fourth-order valence-electron chi connectivity index (χ4n) is 2.30. The van der Waals surface area contributed by atoms with Gasteiger partial charge in [-0.25, -0.2) is 0 Å². The molecule has 1 aliphatic rings. The van der Waals surface area contributed by atoms with E-state index in [1.54, 1.807) is 14.2 Å². The van der Waals surface area contributed by atoms with E-state index in [9.17, 15) is 0 Å². The van der Waals surface area contributed by atoms with Crippen molar-refractivity contribution in [3.8, 4) is 11.5 Å². The number of rotatable bonds is 4. The van der Waals surface area contributed by atoms with Crippen LogP contribution in [0.15, 0.2) is 18.2 Å². The topological polar surface area (TPSA) is 39.7 Å². The Bertz CT molecular complexity index is 395. The molecule has 18 heavy (non-hydrogen) atoms. The SMILES string of the molecule is COc1ccc(CC2COCC(C)N2)cc1OC. The van der Waals surface area contributed by atoms with E-state index in [1.807, 2.05) is 12.1 Å². The summed E-state index contributed by atoms with van der Waals surface area (Å²) < 4.78 is 16.1. The largest absolute Gasteiger partial charge is 0.493 e. The number of hydrogen-bond acceptors (Lipinski definition) is 4. The van der Waals surface area contributed by atoms with Crippen molar-refractivity contribution in [1.29, 1.82) is 0 Å². The molecule has 0 bridgehead atoms. The number of benzene rings is 1. The van der Waals surface area contributed by atoms with E-state index in [4.69, 9.17) is 14.2 Å². The highest BCUT2D eigenvalue weighted by molar-refractivity contribution is 5.43. The molecule has 1 aromatic rings. The van der Waals surface area contributed by atoms with E-state index in [-0.39, 0.29) is 0 Å². The number of morpholine rings is 1. The molecule has 0 aromatic heterocycles. The van der Waals surface area contributed by atoms with Crippen LogP contribution in [0, 0.1) is 0 Å². The third-order valence-corrected chi connectivity index (χ3v) is 3.14. The van der Waals surface area contributed by atoms with Crippen LogP contribution in [0.25, 0.3) is 0 Å².